The Morgan fingerprint density at radius 3 is 1.92 bits per heavy atom. The highest BCUT2D eigenvalue weighted by Crippen LogP contribution is 2.48. The van der Waals surface area contributed by atoms with Gasteiger partial charge in [0.25, 0.3) is 0 Å². The molecule has 0 aliphatic carbocycles. The summed E-state index contributed by atoms with van der Waals surface area (Å²) in [7, 11) is 0. The standard InChI is InChI=1S/C50H31NOS/c1-2-10-32(11-3-1)33-18-20-35(21-19-33)41-27-28-45(49-43-15-6-8-16-46(43)52-50(41)49)51(38-25-29-48-44(31-38)42-14-7-9-17-47(42)53-48)37-24-26-40-36(30-37)23-22-34-12-4-5-13-39(34)40/h1-31H. The van der Waals surface area contributed by atoms with Crippen molar-refractivity contribution < 1.29 is 4.42 Å². The molecule has 9 aromatic carbocycles. The van der Waals surface area contributed by atoms with Crippen molar-refractivity contribution >= 4 is 92.1 Å². The Balaban J connectivity index is 1.16. The first kappa shape index (κ1) is 30.0. The lowest BCUT2D eigenvalue weighted by Crippen LogP contribution is -2.10. The van der Waals surface area contributed by atoms with Crippen LogP contribution in [0, 0.1) is 0 Å². The van der Waals surface area contributed by atoms with Crippen molar-refractivity contribution in [3.63, 3.8) is 0 Å². The Kier molecular flexibility index (Phi) is 6.76. The van der Waals surface area contributed by atoms with Gasteiger partial charge in [0.2, 0.25) is 0 Å². The summed E-state index contributed by atoms with van der Waals surface area (Å²) in [5.74, 6) is 0. The molecule has 0 radical (unpaired) electrons. The first-order valence-electron chi connectivity index (χ1n) is 18.0. The van der Waals surface area contributed by atoms with Gasteiger partial charge in [-0.25, -0.2) is 0 Å². The van der Waals surface area contributed by atoms with E-state index in [-0.39, 0.29) is 0 Å². The molecule has 0 unspecified atom stereocenters. The van der Waals surface area contributed by atoms with Crippen molar-refractivity contribution in [2.24, 2.45) is 0 Å². The third kappa shape index (κ3) is 4.86. The predicted molar refractivity (Wildman–Crippen MR) is 227 cm³/mol. The van der Waals surface area contributed by atoms with Gasteiger partial charge in [-0.05, 0) is 92.8 Å². The van der Waals surface area contributed by atoms with E-state index >= 15 is 0 Å². The number of hydrogen-bond donors (Lipinski definition) is 0. The number of hydrogen-bond acceptors (Lipinski definition) is 3. The highest BCUT2D eigenvalue weighted by Gasteiger charge is 2.23. The molecule has 0 atom stereocenters. The number of para-hydroxylation sites is 1. The molecule has 248 valence electrons. The van der Waals surface area contributed by atoms with Crippen LogP contribution in [0.2, 0.25) is 0 Å². The lowest BCUT2D eigenvalue weighted by Gasteiger charge is -2.27. The normalized spacial score (nSPS) is 11.8. The highest BCUT2D eigenvalue weighted by molar-refractivity contribution is 7.25. The van der Waals surface area contributed by atoms with Crippen LogP contribution in [0.15, 0.2) is 192 Å². The number of nitrogens with zero attached hydrogens (tertiary/aromatic N) is 1. The molecule has 0 saturated heterocycles. The van der Waals surface area contributed by atoms with Gasteiger partial charge in [0, 0.05) is 42.5 Å². The maximum absolute atomic E-state index is 6.82. The average molecular weight is 694 g/mol. The summed E-state index contributed by atoms with van der Waals surface area (Å²) in [5, 5.41) is 9.71. The minimum Gasteiger partial charge on any atom is -0.455 e. The number of furan rings is 1. The molecule has 2 heterocycles. The summed E-state index contributed by atoms with van der Waals surface area (Å²) in [4.78, 5) is 2.42. The highest BCUT2D eigenvalue weighted by atomic mass is 32.1. The lowest BCUT2D eigenvalue weighted by atomic mass is 9.97. The van der Waals surface area contributed by atoms with E-state index in [0.29, 0.717) is 0 Å². The van der Waals surface area contributed by atoms with Crippen molar-refractivity contribution in [2.75, 3.05) is 4.90 Å². The molecule has 0 fully saturated rings. The zero-order valence-electron chi connectivity index (χ0n) is 28.7. The molecule has 2 nitrogen and oxygen atoms in total. The Morgan fingerprint density at radius 2 is 1.04 bits per heavy atom. The van der Waals surface area contributed by atoms with Crippen LogP contribution in [0.4, 0.5) is 17.1 Å². The second-order valence-electron chi connectivity index (χ2n) is 13.7. The molecule has 2 aromatic heterocycles. The summed E-state index contributed by atoms with van der Waals surface area (Å²) in [6.07, 6.45) is 0. The summed E-state index contributed by atoms with van der Waals surface area (Å²) >= 11 is 1.85. The fourth-order valence-corrected chi connectivity index (χ4v) is 9.20. The van der Waals surface area contributed by atoms with Gasteiger partial charge in [0.15, 0.2) is 0 Å². The van der Waals surface area contributed by atoms with E-state index in [1.54, 1.807) is 0 Å². The van der Waals surface area contributed by atoms with Gasteiger partial charge in [-0.15, -0.1) is 11.3 Å². The van der Waals surface area contributed by atoms with E-state index in [1.807, 2.05) is 11.3 Å². The molecule has 11 rings (SSSR count). The fraction of sp³-hybridized carbons (Fsp3) is 0. The van der Waals surface area contributed by atoms with Crippen LogP contribution in [-0.2, 0) is 0 Å². The molecule has 0 N–H and O–H groups in total. The van der Waals surface area contributed by atoms with Gasteiger partial charge < -0.3 is 9.32 Å². The molecule has 3 heteroatoms. The molecule has 0 aliphatic rings. The maximum Gasteiger partial charge on any atom is 0.145 e. The van der Waals surface area contributed by atoms with E-state index in [2.05, 4.69) is 193 Å². The van der Waals surface area contributed by atoms with E-state index in [9.17, 15) is 0 Å². The van der Waals surface area contributed by atoms with Crippen LogP contribution in [0.1, 0.15) is 0 Å². The van der Waals surface area contributed by atoms with E-state index in [4.69, 9.17) is 4.42 Å². The topological polar surface area (TPSA) is 16.4 Å². The Bertz CT molecular complexity index is 3170. The van der Waals surface area contributed by atoms with Crippen LogP contribution in [0.25, 0.3) is 85.9 Å². The van der Waals surface area contributed by atoms with Gasteiger partial charge in [-0.1, -0.05) is 133 Å². The van der Waals surface area contributed by atoms with Gasteiger partial charge >= 0.3 is 0 Å². The third-order valence-electron chi connectivity index (χ3n) is 10.7. The summed E-state index contributed by atoms with van der Waals surface area (Å²) in [6, 6.07) is 68.0. The Hall–Kier alpha value is -6.68. The smallest absolute Gasteiger partial charge is 0.145 e. The van der Waals surface area contributed by atoms with Crippen LogP contribution < -0.4 is 4.90 Å². The van der Waals surface area contributed by atoms with Gasteiger partial charge in [0.05, 0.1) is 11.1 Å². The molecule has 0 spiro atoms. The number of fused-ring (bicyclic) bond motifs is 9. The van der Waals surface area contributed by atoms with Gasteiger partial charge in [-0.2, -0.15) is 0 Å². The second-order valence-corrected chi connectivity index (χ2v) is 14.8. The van der Waals surface area contributed by atoms with Crippen LogP contribution >= 0.6 is 11.3 Å². The first-order chi connectivity index (χ1) is 26.3. The van der Waals surface area contributed by atoms with Crippen LogP contribution in [-0.4, -0.2) is 0 Å². The van der Waals surface area contributed by atoms with Crippen LogP contribution in [0.5, 0.6) is 0 Å². The number of rotatable bonds is 5. The minimum absolute atomic E-state index is 0.876. The van der Waals surface area contributed by atoms with E-state index < -0.39 is 0 Å². The van der Waals surface area contributed by atoms with E-state index in [0.717, 1.165) is 50.1 Å². The molecule has 0 aliphatic heterocycles. The SMILES string of the molecule is c1ccc(-c2ccc(-c3ccc(N(c4ccc5c(ccc6ccccc65)c4)c4ccc5sc6ccccc6c5c4)c4c3oc3ccccc34)cc2)cc1. The van der Waals surface area contributed by atoms with Gasteiger partial charge in [0.1, 0.15) is 11.2 Å². The van der Waals surface area contributed by atoms with Crippen LogP contribution in [0.3, 0.4) is 0 Å². The van der Waals surface area contributed by atoms with Crippen molar-refractivity contribution in [2.45, 2.75) is 0 Å². The molecular formula is C50H31NOS. The zero-order chi connectivity index (χ0) is 34.9. The van der Waals surface area contributed by atoms with Crippen molar-refractivity contribution in [3.05, 3.63) is 188 Å². The fourth-order valence-electron chi connectivity index (χ4n) is 8.12. The quantitative estimate of drug-likeness (QED) is 0.167. The summed E-state index contributed by atoms with van der Waals surface area (Å²) < 4.78 is 9.41. The maximum atomic E-state index is 6.82. The predicted octanol–water partition coefficient (Wildman–Crippen LogP) is 15.1. The third-order valence-corrected chi connectivity index (χ3v) is 11.8. The monoisotopic (exact) mass is 693 g/mol. The molecule has 0 bridgehead atoms. The first-order valence-corrected chi connectivity index (χ1v) is 18.8. The molecule has 53 heavy (non-hydrogen) atoms. The average Bonchev–Trinajstić information content (AvgIpc) is 3.80. The number of thiophene rings is 1. The molecule has 0 amide bonds. The summed E-state index contributed by atoms with van der Waals surface area (Å²) in [6.45, 7) is 0. The lowest BCUT2D eigenvalue weighted by molar-refractivity contribution is 0.670. The number of benzene rings is 9. The summed E-state index contributed by atoms with van der Waals surface area (Å²) in [5.41, 5.74) is 9.63. The van der Waals surface area contributed by atoms with Crippen molar-refractivity contribution in [1.82, 2.24) is 0 Å². The molecular weight excluding hydrogens is 663 g/mol. The Morgan fingerprint density at radius 1 is 0.396 bits per heavy atom. The Labute approximate surface area is 310 Å². The number of anilines is 3. The second kappa shape index (κ2) is 11.9. The van der Waals surface area contributed by atoms with Gasteiger partial charge in [-0.3, -0.25) is 0 Å². The van der Waals surface area contributed by atoms with Crippen molar-refractivity contribution in [1.29, 1.82) is 0 Å². The molecule has 0 saturated carbocycles. The zero-order valence-corrected chi connectivity index (χ0v) is 29.5. The van der Waals surface area contributed by atoms with Crippen molar-refractivity contribution in [3.8, 4) is 22.3 Å². The molecule has 11 aromatic rings. The largest absolute Gasteiger partial charge is 0.455 e. The minimum atomic E-state index is 0.876. The van der Waals surface area contributed by atoms with E-state index in [1.165, 1.54) is 52.8 Å².